The highest BCUT2D eigenvalue weighted by Gasteiger charge is 2.41. The van der Waals surface area contributed by atoms with Gasteiger partial charge >= 0.3 is 0 Å². The fourth-order valence-electron chi connectivity index (χ4n) is 1.65. The lowest BCUT2D eigenvalue weighted by molar-refractivity contribution is 0.468. The average Bonchev–Trinajstić information content (AvgIpc) is 2.85. The van der Waals surface area contributed by atoms with Crippen molar-refractivity contribution in [1.29, 1.82) is 5.26 Å². The van der Waals surface area contributed by atoms with Crippen molar-refractivity contribution < 1.29 is 0 Å². The molecule has 0 aliphatic heterocycles. The van der Waals surface area contributed by atoms with Gasteiger partial charge in [-0.25, -0.2) is 0 Å². The first-order chi connectivity index (χ1) is 7.26. The minimum atomic E-state index is 0.304. The lowest BCUT2D eigenvalue weighted by Gasteiger charge is -2.11. The maximum atomic E-state index is 8.69. The molecule has 1 aliphatic rings. The fourth-order valence-corrected chi connectivity index (χ4v) is 3.12. The third-order valence-electron chi connectivity index (χ3n) is 2.89. The van der Waals surface area contributed by atoms with Crippen LogP contribution >= 0.6 is 27.3 Å². The average molecular weight is 285 g/mol. The van der Waals surface area contributed by atoms with Gasteiger partial charge < -0.3 is 5.32 Å². The Labute approximate surface area is 102 Å². The van der Waals surface area contributed by atoms with Gasteiger partial charge in [-0.15, -0.1) is 11.3 Å². The van der Waals surface area contributed by atoms with Crippen LogP contribution < -0.4 is 5.32 Å². The number of nitriles is 1. The molecule has 15 heavy (non-hydrogen) atoms. The van der Waals surface area contributed by atoms with E-state index in [9.17, 15) is 0 Å². The molecule has 0 amide bonds. The zero-order chi connectivity index (χ0) is 10.7. The summed E-state index contributed by atoms with van der Waals surface area (Å²) in [5, 5.41) is 14.2. The molecular weight excluding hydrogens is 272 g/mol. The molecule has 1 heterocycles. The Bertz CT molecular complexity index is 376. The van der Waals surface area contributed by atoms with Crippen LogP contribution in [-0.2, 0) is 6.54 Å². The van der Waals surface area contributed by atoms with E-state index >= 15 is 0 Å². The van der Waals surface area contributed by atoms with Gasteiger partial charge in [0.2, 0.25) is 0 Å². The molecule has 0 saturated heterocycles. The molecule has 80 valence electrons. The van der Waals surface area contributed by atoms with E-state index in [0.717, 1.165) is 13.1 Å². The molecule has 0 spiro atoms. The second-order valence-corrected chi connectivity index (χ2v) is 5.99. The summed E-state index contributed by atoms with van der Waals surface area (Å²) in [4.78, 5) is 1.34. The highest BCUT2D eigenvalue weighted by molar-refractivity contribution is 9.10. The second kappa shape index (κ2) is 4.65. The van der Waals surface area contributed by atoms with Gasteiger partial charge in [-0.05, 0) is 45.6 Å². The van der Waals surface area contributed by atoms with Gasteiger partial charge in [0.25, 0.3) is 0 Å². The van der Waals surface area contributed by atoms with Crippen LogP contribution in [-0.4, -0.2) is 6.54 Å². The van der Waals surface area contributed by atoms with Crippen LogP contribution in [0.1, 0.15) is 24.1 Å². The molecule has 0 atom stereocenters. The van der Waals surface area contributed by atoms with E-state index in [1.807, 2.05) is 0 Å². The molecule has 0 unspecified atom stereocenters. The third-order valence-corrected chi connectivity index (χ3v) is 4.81. The maximum Gasteiger partial charge on any atom is 0.0628 e. The van der Waals surface area contributed by atoms with E-state index in [-0.39, 0.29) is 0 Å². The SMILES string of the molecule is N#CCC1(CNCc2sccc2Br)CC1. The first-order valence-electron chi connectivity index (χ1n) is 5.05. The standard InChI is InChI=1S/C11H13BrN2S/c12-9-1-6-15-10(9)7-14-8-11(2-3-11)4-5-13/h1,6,14H,2-4,7-8H2. The maximum absolute atomic E-state index is 8.69. The predicted octanol–water partition coefficient (Wildman–Crippen LogP) is 3.29. The Kier molecular flexibility index (Phi) is 3.45. The molecule has 0 radical (unpaired) electrons. The van der Waals surface area contributed by atoms with Gasteiger partial charge in [0.15, 0.2) is 0 Å². The Morgan fingerprint density at radius 2 is 2.40 bits per heavy atom. The van der Waals surface area contributed by atoms with Crippen LogP contribution in [0, 0.1) is 16.7 Å². The van der Waals surface area contributed by atoms with Crippen molar-refractivity contribution in [2.45, 2.75) is 25.8 Å². The monoisotopic (exact) mass is 284 g/mol. The van der Waals surface area contributed by atoms with Crippen molar-refractivity contribution >= 4 is 27.3 Å². The van der Waals surface area contributed by atoms with Crippen LogP contribution in [0.25, 0.3) is 0 Å². The van der Waals surface area contributed by atoms with Crippen molar-refractivity contribution in [3.63, 3.8) is 0 Å². The van der Waals surface area contributed by atoms with Crippen LogP contribution in [0.4, 0.5) is 0 Å². The molecule has 1 aromatic heterocycles. The number of hydrogen-bond acceptors (Lipinski definition) is 3. The van der Waals surface area contributed by atoms with E-state index in [1.165, 1.54) is 22.2 Å². The van der Waals surface area contributed by atoms with Gasteiger partial charge in [0, 0.05) is 28.9 Å². The summed E-state index contributed by atoms with van der Waals surface area (Å²) in [5.74, 6) is 0. The number of nitrogens with zero attached hydrogens (tertiary/aromatic N) is 1. The molecule has 4 heteroatoms. The Morgan fingerprint density at radius 3 is 2.93 bits per heavy atom. The van der Waals surface area contributed by atoms with Crippen LogP contribution in [0.3, 0.4) is 0 Å². The predicted molar refractivity (Wildman–Crippen MR) is 65.6 cm³/mol. The van der Waals surface area contributed by atoms with Crippen molar-refractivity contribution in [2.75, 3.05) is 6.54 Å². The largest absolute Gasteiger partial charge is 0.311 e. The van der Waals surface area contributed by atoms with Gasteiger partial charge in [-0.2, -0.15) is 5.26 Å². The summed E-state index contributed by atoms with van der Waals surface area (Å²) in [6, 6.07) is 4.35. The Hall–Kier alpha value is -0.370. The van der Waals surface area contributed by atoms with Gasteiger partial charge in [-0.1, -0.05) is 0 Å². The number of thiophene rings is 1. The normalized spacial score (nSPS) is 17.3. The molecule has 1 saturated carbocycles. The van der Waals surface area contributed by atoms with E-state index in [2.05, 4.69) is 38.8 Å². The minimum Gasteiger partial charge on any atom is -0.311 e. The summed E-state index contributed by atoms with van der Waals surface area (Å²) in [6.45, 7) is 1.89. The van der Waals surface area contributed by atoms with Crippen LogP contribution in [0.2, 0.25) is 0 Å². The lowest BCUT2D eigenvalue weighted by atomic mass is 10.0. The fraction of sp³-hybridized carbons (Fsp3) is 0.545. The second-order valence-electron chi connectivity index (χ2n) is 4.13. The summed E-state index contributed by atoms with van der Waals surface area (Å²) >= 11 is 5.27. The smallest absolute Gasteiger partial charge is 0.0628 e. The van der Waals surface area contributed by atoms with Crippen LogP contribution in [0.15, 0.2) is 15.9 Å². The van der Waals surface area contributed by atoms with Crippen molar-refractivity contribution in [2.24, 2.45) is 5.41 Å². The molecule has 2 nitrogen and oxygen atoms in total. The highest BCUT2D eigenvalue weighted by Crippen LogP contribution is 2.47. The lowest BCUT2D eigenvalue weighted by Crippen LogP contribution is -2.23. The van der Waals surface area contributed by atoms with Crippen molar-refractivity contribution in [3.8, 4) is 6.07 Å². The molecule has 1 aromatic rings. The highest BCUT2D eigenvalue weighted by atomic mass is 79.9. The van der Waals surface area contributed by atoms with Crippen LogP contribution in [0.5, 0.6) is 0 Å². The van der Waals surface area contributed by atoms with E-state index < -0.39 is 0 Å². The molecule has 0 aromatic carbocycles. The van der Waals surface area contributed by atoms with Crippen molar-refractivity contribution in [3.05, 3.63) is 20.8 Å². The zero-order valence-corrected chi connectivity index (χ0v) is 10.8. The summed E-state index contributed by atoms with van der Waals surface area (Å²) in [6.07, 6.45) is 3.12. The minimum absolute atomic E-state index is 0.304. The topological polar surface area (TPSA) is 35.8 Å². The summed E-state index contributed by atoms with van der Waals surface area (Å²) in [7, 11) is 0. The summed E-state index contributed by atoms with van der Waals surface area (Å²) in [5.41, 5.74) is 0.304. The molecular formula is C11H13BrN2S. The molecule has 0 bridgehead atoms. The Morgan fingerprint density at radius 1 is 1.60 bits per heavy atom. The van der Waals surface area contributed by atoms with Gasteiger partial charge in [-0.3, -0.25) is 0 Å². The molecule has 1 N–H and O–H groups in total. The van der Waals surface area contributed by atoms with E-state index in [0.29, 0.717) is 11.8 Å². The molecule has 1 fully saturated rings. The molecule has 1 aliphatic carbocycles. The van der Waals surface area contributed by atoms with Crippen molar-refractivity contribution in [1.82, 2.24) is 5.32 Å². The quantitative estimate of drug-likeness (QED) is 0.901. The van der Waals surface area contributed by atoms with E-state index in [4.69, 9.17) is 5.26 Å². The number of rotatable bonds is 5. The molecule has 2 rings (SSSR count). The Balaban J connectivity index is 1.76. The third kappa shape index (κ3) is 2.81. The summed E-state index contributed by atoms with van der Waals surface area (Å²) < 4.78 is 1.19. The first kappa shape index (κ1) is 11.1. The number of hydrogen-bond donors (Lipinski definition) is 1. The van der Waals surface area contributed by atoms with Gasteiger partial charge in [0.1, 0.15) is 0 Å². The van der Waals surface area contributed by atoms with Gasteiger partial charge in [0.05, 0.1) is 6.07 Å². The number of halogens is 1. The van der Waals surface area contributed by atoms with E-state index in [1.54, 1.807) is 11.3 Å². The zero-order valence-electron chi connectivity index (χ0n) is 8.42. The number of nitrogens with one attached hydrogen (secondary N) is 1. The first-order valence-corrected chi connectivity index (χ1v) is 6.73.